The number of carbonyl (C=O) groups excluding carboxylic acids is 1. The first-order chi connectivity index (χ1) is 15.0. The monoisotopic (exact) mass is 438 g/mol. The Bertz CT molecular complexity index is 1090. The van der Waals surface area contributed by atoms with Crippen LogP contribution in [0.25, 0.3) is 6.08 Å². The molecule has 0 radical (unpaired) electrons. The summed E-state index contributed by atoms with van der Waals surface area (Å²) in [5.41, 5.74) is 1.76. The van der Waals surface area contributed by atoms with Gasteiger partial charge in [0.25, 0.3) is 0 Å². The van der Waals surface area contributed by atoms with E-state index in [1.807, 2.05) is 27.7 Å². The Morgan fingerprint density at radius 1 is 1.22 bits per heavy atom. The highest BCUT2D eigenvalue weighted by Crippen LogP contribution is 2.47. The summed E-state index contributed by atoms with van der Waals surface area (Å²) >= 11 is 0. The Morgan fingerprint density at radius 3 is 2.56 bits per heavy atom. The third-order valence-electron chi connectivity index (χ3n) is 5.84. The molecule has 1 aliphatic heterocycles. The highest BCUT2D eigenvalue weighted by molar-refractivity contribution is 6.11. The van der Waals surface area contributed by atoms with Gasteiger partial charge in [-0.1, -0.05) is 11.6 Å². The number of fused-ring (bicyclic) bond motifs is 1. The van der Waals surface area contributed by atoms with Gasteiger partial charge in [0.15, 0.2) is 5.78 Å². The number of benzene rings is 2. The lowest BCUT2D eigenvalue weighted by molar-refractivity contribution is 0.0270. The molecule has 0 saturated heterocycles. The topological polar surface area (TPSA) is 96.2 Å². The lowest BCUT2D eigenvalue weighted by atomic mass is 9.79. The van der Waals surface area contributed by atoms with Crippen LogP contribution in [0.15, 0.2) is 42.0 Å². The highest BCUT2D eigenvalue weighted by atomic mass is 16.5. The Hall–Kier alpha value is -3.41. The summed E-state index contributed by atoms with van der Waals surface area (Å²) in [7, 11) is 1.43. The third-order valence-corrected chi connectivity index (χ3v) is 5.84. The van der Waals surface area contributed by atoms with Gasteiger partial charge in [-0.2, -0.15) is 0 Å². The first-order valence-electron chi connectivity index (χ1n) is 10.5. The van der Waals surface area contributed by atoms with Crippen LogP contribution in [0.5, 0.6) is 28.7 Å². The van der Waals surface area contributed by atoms with Crippen LogP contribution in [0, 0.1) is 5.92 Å². The summed E-state index contributed by atoms with van der Waals surface area (Å²) < 4.78 is 11.6. The highest BCUT2D eigenvalue weighted by Gasteiger charge is 2.39. The van der Waals surface area contributed by atoms with Gasteiger partial charge in [-0.05, 0) is 64.8 Å². The normalized spacial score (nSPS) is 16.8. The second-order valence-corrected chi connectivity index (χ2v) is 8.84. The van der Waals surface area contributed by atoms with Crippen molar-refractivity contribution in [2.45, 2.75) is 46.1 Å². The van der Waals surface area contributed by atoms with E-state index < -0.39 is 11.4 Å². The average molecular weight is 439 g/mol. The van der Waals surface area contributed by atoms with E-state index in [1.165, 1.54) is 43.0 Å². The van der Waals surface area contributed by atoms with Crippen LogP contribution in [0.1, 0.15) is 55.6 Å². The van der Waals surface area contributed by atoms with E-state index in [1.54, 1.807) is 6.07 Å². The number of rotatable bonds is 6. The van der Waals surface area contributed by atoms with Gasteiger partial charge >= 0.3 is 0 Å². The number of ether oxygens (including phenoxy) is 2. The standard InChI is InChI=1S/C26H30O6/c1-15(2)6-9-17-12-19-22(32-26(17,3)4)14-23(31-5)24(25(19)30)20(28)11-8-16-7-10-18(27)13-21(16)29/h6-8,10-11,13-14,17,27,29-30H,9,12H2,1-5H3/b11-8+/t17-/m0/s1. The molecule has 0 saturated carbocycles. The van der Waals surface area contributed by atoms with Crippen molar-refractivity contribution in [3.8, 4) is 28.7 Å². The summed E-state index contributed by atoms with van der Waals surface area (Å²) in [6.07, 6.45) is 6.19. The number of hydrogen-bond acceptors (Lipinski definition) is 6. The van der Waals surface area contributed by atoms with E-state index in [4.69, 9.17) is 9.47 Å². The molecule has 0 unspecified atom stereocenters. The van der Waals surface area contributed by atoms with E-state index >= 15 is 0 Å². The summed E-state index contributed by atoms with van der Waals surface area (Å²) in [5, 5.41) is 30.4. The molecule has 3 N–H and O–H groups in total. The molecule has 0 spiro atoms. The fraction of sp³-hybridized carbons (Fsp3) is 0.346. The number of phenolic OH excluding ortho intramolecular Hbond substituents is 3. The average Bonchev–Trinajstić information content (AvgIpc) is 2.70. The van der Waals surface area contributed by atoms with Crippen molar-refractivity contribution in [2.24, 2.45) is 5.92 Å². The molecule has 0 aromatic heterocycles. The number of hydrogen-bond donors (Lipinski definition) is 3. The molecule has 32 heavy (non-hydrogen) atoms. The predicted octanol–water partition coefficient (Wildman–Crippen LogP) is 5.39. The maximum Gasteiger partial charge on any atom is 0.193 e. The SMILES string of the molecule is COc1cc2c(c(O)c1C(=O)/C=C/c1ccc(O)cc1O)C[C@H](CC=C(C)C)C(C)(C)O2. The minimum atomic E-state index is -0.472. The van der Waals surface area contributed by atoms with Crippen molar-refractivity contribution < 1.29 is 29.6 Å². The maximum absolute atomic E-state index is 13.0. The van der Waals surface area contributed by atoms with Gasteiger partial charge in [0, 0.05) is 29.2 Å². The molecule has 1 heterocycles. The van der Waals surface area contributed by atoms with Crippen molar-refractivity contribution >= 4 is 11.9 Å². The number of carbonyl (C=O) groups is 1. The molecule has 3 rings (SSSR count). The van der Waals surface area contributed by atoms with Crippen molar-refractivity contribution in [3.05, 3.63) is 58.7 Å². The number of phenols is 3. The zero-order valence-electron chi connectivity index (χ0n) is 19.1. The van der Waals surface area contributed by atoms with Crippen LogP contribution < -0.4 is 9.47 Å². The number of aromatic hydroxyl groups is 3. The van der Waals surface area contributed by atoms with E-state index in [0.717, 1.165) is 6.42 Å². The molecule has 2 aromatic carbocycles. The number of ketones is 1. The van der Waals surface area contributed by atoms with Gasteiger partial charge in [0.1, 0.15) is 39.9 Å². The zero-order chi connectivity index (χ0) is 23.6. The number of methoxy groups -OCH3 is 1. The molecule has 0 amide bonds. The second-order valence-electron chi connectivity index (χ2n) is 8.84. The maximum atomic E-state index is 13.0. The minimum Gasteiger partial charge on any atom is -0.508 e. The molecule has 170 valence electrons. The van der Waals surface area contributed by atoms with Crippen LogP contribution in [0.3, 0.4) is 0 Å². The lowest BCUT2D eigenvalue weighted by Crippen LogP contribution is -2.42. The molecule has 0 aliphatic carbocycles. The summed E-state index contributed by atoms with van der Waals surface area (Å²) in [5.74, 6) is -0.0172. The molecule has 1 atom stereocenters. The number of allylic oxidation sites excluding steroid dienone is 3. The summed E-state index contributed by atoms with van der Waals surface area (Å²) in [6.45, 7) is 8.13. The zero-order valence-corrected chi connectivity index (χ0v) is 19.1. The first-order valence-corrected chi connectivity index (χ1v) is 10.5. The Balaban J connectivity index is 1.99. The van der Waals surface area contributed by atoms with E-state index in [9.17, 15) is 20.1 Å². The van der Waals surface area contributed by atoms with Gasteiger partial charge in [-0.25, -0.2) is 0 Å². The minimum absolute atomic E-state index is 0.0463. The van der Waals surface area contributed by atoms with Gasteiger partial charge < -0.3 is 24.8 Å². The Labute approximate surface area is 188 Å². The van der Waals surface area contributed by atoms with Gasteiger partial charge in [0.2, 0.25) is 0 Å². The molecule has 0 bridgehead atoms. The molecule has 6 nitrogen and oxygen atoms in total. The van der Waals surface area contributed by atoms with Gasteiger partial charge in [-0.15, -0.1) is 0 Å². The van der Waals surface area contributed by atoms with Crippen molar-refractivity contribution in [2.75, 3.05) is 7.11 Å². The third kappa shape index (κ3) is 4.74. The molecular weight excluding hydrogens is 408 g/mol. The fourth-order valence-corrected chi connectivity index (χ4v) is 3.88. The van der Waals surface area contributed by atoms with Crippen molar-refractivity contribution in [3.63, 3.8) is 0 Å². The summed E-state index contributed by atoms with van der Waals surface area (Å²) in [4.78, 5) is 13.0. The molecule has 1 aliphatic rings. The van der Waals surface area contributed by atoms with E-state index in [-0.39, 0.29) is 34.5 Å². The van der Waals surface area contributed by atoms with Crippen LogP contribution >= 0.6 is 0 Å². The smallest absolute Gasteiger partial charge is 0.193 e. The van der Waals surface area contributed by atoms with E-state index in [0.29, 0.717) is 23.3 Å². The predicted molar refractivity (Wildman–Crippen MR) is 124 cm³/mol. The Morgan fingerprint density at radius 2 is 1.94 bits per heavy atom. The fourth-order valence-electron chi connectivity index (χ4n) is 3.88. The largest absolute Gasteiger partial charge is 0.508 e. The lowest BCUT2D eigenvalue weighted by Gasteiger charge is -2.40. The molecular formula is C26H30O6. The van der Waals surface area contributed by atoms with Crippen LogP contribution in [-0.4, -0.2) is 33.8 Å². The molecule has 0 fully saturated rings. The quantitative estimate of drug-likeness (QED) is 0.318. The van der Waals surface area contributed by atoms with E-state index in [2.05, 4.69) is 6.08 Å². The van der Waals surface area contributed by atoms with Crippen LogP contribution in [0.2, 0.25) is 0 Å². The van der Waals surface area contributed by atoms with Crippen LogP contribution in [0.4, 0.5) is 0 Å². The second kappa shape index (κ2) is 8.99. The van der Waals surface area contributed by atoms with Gasteiger partial charge in [0.05, 0.1) is 7.11 Å². The van der Waals surface area contributed by atoms with Crippen molar-refractivity contribution in [1.29, 1.82) is 0 Å². The molecule has 6 heteroatoms. The Kier molecular flexibility index (Phi) is 6.53. The van der Waals surface area contributed by atoms with Crippen LogP contribution in [-0.2, 0) is 6.42 Å². The summed E-state index contributed by atoms with van der Waals surface area (Å²) in [6, 6.07) is 5.73. The molecule has 2 aromatic rings. The van der Waals surface area contributed by atoms with Gasteiger partial charge in [-0.3, -0.25) is 4.79 Å². The van der Waals surface area contributed by atoms with Crippen molar-refractivity contribution in [1.82, 2.24) is 0 Å². The first kappa shape index (κ1) is 23.3.